The average molecular weight is 1790 g/mol. The molecule has 0 spiro atoms. The molecular formula is C138H84O3. The smallest absolute Gasteiger partial charge is 0.143 e. The van der Waals surface area contributed by atoms with Crippen molar-refractivity contribution in [2.45, 2.75) is 0 Å². The molecule has 0 unspecified atom stereocenters. The van der Waals surface area contributed by atoms with Crippen molar-refractivity contribution in [2.24, 2.45) is 0 Å². The molecule has 3 nitrogen and oxygen atoms in total. The number of benzene rings is 27. The van der Waals surface area contributed by atoms with Gasteiger partial charge in [0.25, 0.3) is 0 Å². The van der Waals surface area contributed by atoms with Crippen molar-refractivity contribution in [3.63, 3.8) is 0 Å². The van der Waals surface area contributed by atoms with Crippen LogP contribution >= 0.6 is 0 Å². The molecular weight excluding hydrogens is 1710 g/mol. The number of furan rings is 3. The second-order valence-corrected chi connectivity index (χ2v) is 37.3. The van der Waals surface area contributed by atoms with Gasteiger partial charge in [-0.1, -0.05) is 437 Å². The maximum absolute atomic E-state index is 6.63. The average Bonchev–Trinajstić information content (AvgIpc) is 1.74. The van der Waals surface area contributed by atoms with Gasteiger partial charge in [0.1, 0.15) is 33.5 Å². The fourth-order valence-electron chi connectivity index (χ4n) is 22.9. The maximum Gasteiger partial charge on any atom is 0.143 e. The van der Waals surface area contributed by atoms with Gasteiger partial charge in [-0.2, -0.15) is 0 Å². The van der Waals surface area contributed by atoms with Crippen molar-refractivity contribution in [1.29, 1.82) is 0 Å². The first-order valence-electron chi connectivity index (χ1n) is 48.5. The van der Waals surface area contributed by atoms with Crippen LogP contribution in [0.4, 0.5) is 0 Å². The Bertz CT molecular complexity index is 10200. The Kier molecular flexibility index (Phi) is 19.0. The molecule has 0 amide bonds. The van der Waals surface area contributed by atoms with Gasteiger partial charge in [0.15, 0.2) is 0 Å². The zero-order chi connectivity index (χ0) is 92.7. The summed E-state index contributed by atoms with van der Waals surface area (Å²) in [6, 6.07) is 185. The largest absolute Gasteiger partial charge is 0.455 e. The number of fused-ring (bicyclic) bond motifs is 24. The summed E-state index contributed by atoms with van der Waals surface area (Å²) in [7, 11) is 0. The minimum Gasteiger partial charge on any atom is -0.455 e. The molecule has 30 rings (SSSR count). The summed E-state index contributed by atoms with van der Waals surface area (Å²) < 4.78 is 19.9. The third-order valence-corrected chi connectivity index (χ3v) is 29.5. The molecule has 0 aliphatic rings. The number of rotatable bonds is 9. The lowest BCUT2D eigenvalue weighted by molar-refractivity contribution is 0.672. The van der Waals surface area contributed by atoms with E-state index in [0.717, 1.165) is 98.7 Å². The molecule has 0 saturated carbocycles. The van der Waals surface area contributed by atoms with Crippen molar-refractivity contribution in [1.82, 2.24) is 0 Å². The second-order valence-electron chi connectivity index (χ2n) is 37.3. The summed E-state index contributed by atoms with van der Waals surface area (Å²) in [6.07, 6.45) is 0. The van der Waals surface area contributed by atoms with Gasteiger partial charge in [-0.15, -0.1) is 0 Å². The van der Waals surface area contributed by atoms with Crippen LogP contribution in [0, 0.1) is 0 Å². The van der Waals surface area contributed by atoms with Crippen LogP contribution in [-0.2, 0) is 0 Å². The molecule has 0 N–H and O–H groups in total. The van der Waals surface area contributed by atoms with Gasteiger partial charge in [0.2, 0.25) is 0 Å². The van der Waals surface area contributed by atoms with Gasteiger partial charge in [0, 0.05) is 48.5 Å². The van der Waals surface area contributed by atoms with E-state index in [-0.39, 0.29) is 0 Å². The Morgan fingerprint density at radius 1 is 0.0993 bits per heavy atom. The van der Waals surface area contributed by atoms with Crippen LogP contribution in [-0.4, -0.2) is 0 Å². The maximum atomic E-state index is 6.63. The summed E-state index contributed by atoms with van der Waals surface area (Å²) in [5.41, 5.74) is 27.6. The Morgan fingerprint density at radius 2 is 0.312 bits per heavy atom. The van der Waals surface area contributed by atoms with E-state index in [1.165, 1.54) is 197 Å². The summed E-state index contributed by atoms with van der Waals surface area (Å²) in [6.45, 7) is 0. The Labute approximate surface area is 812 Å². The van der Waals surface area contributed by atoms with Crippen LogP contribution in [0.5, 0.6) is 0 Å². The van der Waals surface area contributed by atoms with Crippen molar-refractivity contribution >= 4 is 195 Å². The van der Waals surface area contributed by atoms with Crippen molar-refractivity contribution < 1.29 is 13.3 Å². The third-order valence-electron chi connectivity index (χ3n) is 29.5. The molecule has 0 radical (unpaired) electrons. The van der Waals surface area contributed by atoms with Crippen LogP contribution in [0.25, 0.3) is 295 Å². The molecule has 0 atom stereocenters. The van der Waals surface area contributed by atoms with Crippen molar-refractivity contribution in [3.8, 4) is 100 Å². The van der Waals surface area contributed by atoms with Gasteiger partial charge in [-0.25, -0.2) is 0 Å². The van der Waals surface area contributed by atoms with Gasteiger partial charge in [-0.3, -0.25) is 0 Å². The fraction of sp³-hybridized carbons (Fsp3) is 0. The lowest BCUT2D eigenvalue weighted by Crippen LogP contribution is -1.91. The zero-order valence-electron chi connectivity index (χ0n) is 76.7. The van der Waals surface area contributed by atoms with Crippen LogP contribution in [0.1, 0.15) is 0 Å². The fourth-order valence-corrected chi connectivity index (χ4v) is 22.9. The highest BCUT2D eigenvalue weighted by molar-refractivity contribution is 6.27. The minimum absolute atomic E-state index is 0.911. The van der Waals surface area contributed by atoms with E-state index in [4.69, 9.17) is 13.3 Å². The van der Waals surface area contributed by atoms with Crippen LogP contribution in [0.15, 0.2) is 523 Å². The normalized spacial score (nSPS) is 11.8. The summed E-state index contributed by atoms with van der Waals surface area (Å²) in [4.78, 5) is 0. The van der Waals surface area contributed by atoms with Gasteiger partial charge in [-0.05, 0) is 286 Å². The Hall–Kier alpha value is -18.5. The topological polar surface area (TPSA) is 39.4 Å². The molecule has 0 aliphatic heterocycles. The highest BCUT2D eigenvalue weighted by atomic mass is 16.3. The van der Waals surface area contributed by atoms with E-state index in [9.17, 15) is 0 Å². The van der Waals surface area contributed by atoms with E-state index in [2.05, 4.69) is 510 Å². The SMILES string of the molecule is c1cc(-c2ccc3ccccc3c2)cc(-c2c3ccccc3c(-c3ccc4c(c3)oc3c5ccccc5ccc43)c3ccccc23)c1.c1ccc2c(-c3ccc(-c4c5ccccc5c(-c5ccc6c(c5)oc5c7ccccc7ccc65)c5ccccc45)cc3)cccc2c1.c1ccc2cc(-c3ccc(-c4c5ccccc5c(-c5ccc6c(c5)oc5c7ccccc7ccc65)c5ccccc45)cc3)ccc2c1. The molecule has 0 aliphatic carbocycles. The molecule has 27 aromatic carbocycles. The summed E-state index contributed by atoms with van der Waals surface area (Å²) >= 11 is 0. The molecule has 30 aromatic rings. The molecule has 3 heteroatoms. The first-order valence-corrected chi connectivity index (χ1v) is 48.5. The predicted octanol–water partition coefficient (Wildman–Crippen LogP) is 39.6. The molecule has 0 bridgehead atoms. The quantitative estimate of drug-likeness (QED) is 0.135. The standard InChI is InChI=1S/3C46H28O/c1-3-13-34-29(10-1)12-9-19-35(34)31-20-22-32(23-21-31)44-38-15-5-7-17-40(38)45(41-18-8-6-16-39(41)44)33-25-26-37-42-27-24-30-11-2-4-14-36(30)46(42)47-43(37)28-33;1-2-12-31-26-33(21-20-29(31)10-1)32-13-9-14-34(27-32)44-38-16-5-7-18-40(38)45(41-19-8-6-17-39(41)44)35-23-24-37-42-25-22-30-11-3-4-15-36(30)46(42)47-43(37)28-35;1-2-11-33-27-34(22-19-29(33)9-1)30-17-20-32(21-18-30)44-38-13-5-7-15-40(38)45(41-16-8-6-14-39(41)44)35-24-25-37-42-26-23-31-10-3-4-12-36(31)46(42)47-43(37)28-35/h3*1-28H. The molecule has 0 saturated heterocycles. The summed E-state index contributed by atoms with van der Waals surface area (Å²) in [5.74, 6) is 0. The molecule has 0 fully saturated rings. The molecule has 3 aromatic heterocycles. The molecule has 654 valence electrons. The molecule has 3 heterocycles. The molecule has 141 heavy (non-hydrogen) atoms. The Morgan fingerprint density at radius 3 is 0.660 bits per heavy atom. The van der Waals surface area contributed by atoms with Crippen LogP contribution < -0.4 is 0 Å². The van der Waals surface area contributed by atoms with Gasteiger partial charge in [0.05, 0.1) is 0 Å². The first kappa shape index (κ1) is 80.9. The number of hydrogen-bond acceptors (Lipinski definition) is 3. The van der Waals surface area contributed by atoms with E-state index < -0.39 is 0 Å². The van der Waals surface area contributed by atoms with Crippen LogP contribution in [0.2, 0.25) is 0 Å². The second kappa shape index (κ2) is 33.2. The van der Waals surface area contributed by atoms with Gasteiger partial charge < -0.3 is 13.3 Å². The minimum atomic E-state index is 0.911. The number of hydrogen-bond donors (Lipinski definition) is 0. The van der Waals surface area contributed by atoms with Crippen molar-refractivity contribution in [3.05, 3.63) is 510 Å². The first-order chi connectivity index (χ1) is 69.9. The lowest BCUT2D eigenvalue weighted by Gasteiger charge is -2.18. The Balaban J connectivity index is 0.000000104. The monoisotopic (exact) mass is 1790 g/mol. The van der Waals surface area contributed by atoms with E-state index in [1.54, 1.807) is 0 Å². The van der Waals surface area contributed by atoms with Crippen molar-refractivity contribution in [2.75, 3.05) is 0 Å². The highest BCUT2D eigenvalue weighted by Crippen LogP contribution is 2.52. The van der Waals surface area contributed by atoms with Gasteiger partial charge >= 0.3 is 0 Å². The van der Waals surface area contributed by atoms with E-state index in [1.807, 2.05) is 0 Å². The third kappa shape index (κ3) is 13.6. The van der Waals surface area contributed by atoms with E-state index >= 15 is 0 Å². The summed E-state index contributed by atoms with van der Waals surface area (Å²) in [5, 5.41) is 36.4. The zero-order valence-corrected chi connectivity index (χ0v) is 76.7. The van der Waals surface area contributed by atoms with E-state index in [0.29, 0.717) is 0 Å². The van der Waals surface area contributed by atoms with Crippen LogP contribution in [0.3, 0.4) is 0 Å². The predicted molar refractivity (Wildman–Crippen MR) is 600 cm³/mol. The lowest BCUT2D eigenvalue weighted by atomic mass is 9.85. The highest BCUT2D eigenvalue weighted by Gasteiger charge is 2.25.